The number of nitrogens with one attached hydrogen (secondary N) is 1. The van der Waals surface area contributed by atoms with E-state index in [1.807, 2.05) is 0 Å². The molecule has 5 rings (SSSR count). The van der Waals surface area contributed by atoms with E-state index in [4.69, 9.17) is 19.0 Å². The number of hydrogen-bond donors (Lipinski definition) is 3. The molecule has 1 heterocycles. The van der Waals surface area contributed by atoms with Crippen LogP contribution in [0.15, 0.2) is 66.7 Å². The van der Waals surface area contributed by atoms with Crippen LogP contribution in [0.25, 0.3) is 0 Å². The number of rotatable bonds is 6. The van der Waals surface area contributed by atoms with Crippen molar-refractivity contribution in [1.82, 2.24) is 5.48 Å². The summed E-state index contributed by atoms with van der Waals surface area (Å²) in [5.74, 6) is -3.01. The molecule has 0 radical (unpaired) electrons. The first-order valence-electron chi connectivity index (χ1n) is 11.3. The Morgan fingerprint density at radius 2 is 1.67 bits per heavy atom. The number of amides is 1. The molecule has 0 saturated heterocycles. The van der Waals surface area contributed by atoms with Crippen LogP contribution in [0.3, 0.4) is 0 Å². The molecule has 36 heavy (non-hydrogen) atoms. The number of carbonyl (C=O) groups excluding carboxylic acids is 1. The molecular formula is C27H26FNO7. The highest BCUT2D eigenvalue weighted by Crippen LogP contribution is 2.69. The molecule has 9 heteroatoms. The van der Waals surface area contributed by atoms with Crippen LogP contribution in [0.5, 0.6) is 17.2 Å². The highest BCUT2D eigenvalue weighted by molar-refractivity contribution is 5.82. The first kappa shape index (κ1) is 24.1. The average molecular weight is 496 g/mol. The molecule has 188 valence electrons. The van der Waals surface area contributed by atoms with Gasteiger partial charge < -0.3 is 24.4 Å². The number of ether oxygens (including phenoxy) is 3. The van der Waals surface area contributed by atoms with E-state index in [0.717, 1.165) is 6.07 Å². The van der Waals surface area contributed by atoms with Crippen molar-refractivity contribution in [3.8, 4) is 17.2 Å². The highest BCUT2D eigenvalue weighted by Gasteiger charge is 2.78. The topological polar surface area (TPSA) is 106 Å². The van der Waals surface area contributed by atoms with Crippen LogP contribution in [-0.2, 0) is 20.8 Å². The number of hydrogen-bond acceptors (Lipinski definition) is 7. The summed E-state index contributed by atoms with van der Waals surface area (Å²) in [6.45, 7) is 0. The predicted octanol–water partition coefficient (Wildman–Crippen LogP) is 2.77. The van der Waals surface area contributed by atoms with Crippen molar-refractivity contribution in [3.63, 3.8) is 0 Å². The summed E-state index contributed by atoms with van der Waals surface area (Å²) in [5, 5.41) is 24.1. The van der Waals surface area contributed by atoms with Crippen molar-refractivity contribution >= 4 is 5.91 Å². The van der Waals surface area contributed by atoms with Crippen LogP contribution in [0.2, 0.25) is 0 Å². The van der Waals surface area contributed by atoms with Gasteiger partial charge in [-0.25, -0.2) is 9.87 Å². The molecular weight excluding hydrogens is 469 g/mol. The molecule has 3 N–H and O–H groups in total. The summed E-state index contributed by atoms with van der Waals surface area (Å²) in [5.41, 5.74) is -1.12. The van der Waals surface area contributed by atoms with Gasteiger partial charge in [0, 0.05) is 18.1 Å². The van der Waals surface area contributed by atoms with E-state index >= 15 is 4.39 Å². The van der Waals surface area contributed by atoms with Crippen LogP contribution < -0.4 is 19.7 Å². The van der Waals surface area contributed by atoms with E-state index in [1.165, 1.54) is 27.4 Å². The van der Waals surface area contributed by atoms with Gasteiger partial charge in [0.2, 0.25) is 5.91 Å². The molecule has 1 aliphatic heterocycles. The zero-order valence-electron chi connectivity index (χ0n) is 19.9. The van der Waals surface area contributed by atoms with Gasteiger partial charge in [0.1, 0.15) is 29.2 Å². The second-order valence-corrected chi connectivity index (χ2v) is 8.84. The molecule has 1 fully saturated rings. The number of halogens is 1. The number of fused-ring (bicyclic) bond motifs is 3. The normalized spacial score (nSPS) is 28.1. The Morgan fingerprint density at radius 3 is 2.28 bits per heavy atom. The minimum Gasteiger partial charge on any atom is -0.497 e. The Kier molecular flexibility index (Phi) is 5.86. The van der Waals surface area contributed by atoms with Gasteiger partial charge in [-0.2, -0.15) is 0 Å². The van der Waals surface area contributed by atoms with Gasteiger partial charge in [-0.15, -0.1) is 0 Å². The fourth-order valence-electron chi connectivity index (χ4n) is 5.79. The minimum absolute atomic E-state index is 0.00995. The fourth-order valence-corrected chi connectivity index (χ4v) is 5.79. The second kappa shape index (κ2) is 8.77. The van der Waals surface area contributed by atoms with Crippen molar-refractivity contribution in [2.45, 2.75) is 23.2 Å². The molecule has 8 nitrogen and oxygen atoms in total. The van der Waals surface area contributed by atoms with Crippen LogP contribution in [0, 0.1) is 11.7 Å². The zero-order chi connectivity index (χ0) is 25.7. The molecule has 5 atom stereocenters. The van der Waals surface area contributed by atoms with Crippen molar-refractivity contribution in [2.75, 3.05) is 21.3 Å². The molecule has 0 aromatic heterocycles. The lowest BCUT2D eigenvalue weighted by atomic mass is 9.70. The Morgan fingerprint density at radius 1 is 1.00 bits per heavy atom. The van der Waals surface area contributed by atoms with Gasteiger partial charge >= 0.3 is 0 Å². The molecule has 3 aromatic carbocycles. The molecule has 0 spiro atoms. The highest BCUT2D eigenvalue weighted by atomic mass is 19.1. The van der Waals surface area contributed by atoms with Gasteiger partial charge in [0.15, 0.2) is 11.2 Å². The first-order valence-corrected chi connectivity index (χ1v) is 11.3. The molecule has 0 unspecified atom stereocenters. The van der Waals surface area contributed by atoms with Crippen LogP contribution in [-0.4, -0.2) is 43.6 Å². The Bertz CT molecular complexity index is 1290. The lowest BCUT2D eigenvalue weighted by Gasteiger charge is -2.40. The van der Waals surface area contributed by atoms with Crippen molar-refractivity contribution in [1.29, 1.82) is 0 Å². The third-order valence-electron chi connectivity index (χ3n) is 7.23. The number of hydroxylamine groups is 1. The van der Waals surface area contributed by atoms with Crippen molar-refractivity contribution < 1.29 is 38.4 Å². The summed E-state index contributed by atoms with van der Waals surface area (Å²) in [6.07, 6.45) is -1.77. The number of aliphatic hydroxyl groups is 2. The zero-order valence-corrected chi connectivity index (χ0v) is 19.9. The standard InChI is InChI=1S/C27H26FNO7/c1-33-17-11-9-16(10-12-17)27-22(15-7-5-4-6-8-15)21(25(31)29-35-3)24(30)26(27,32)23-19(28)13-18(34-2)14-20(23)36-27/h4-14,21-22,24,30,32H,1-3H3,(H,29,31)/t21-,22-,24-,26+,27+/m1/s1. The number of benzene rings is 3. The minimum atomic E-state index is -2.36. The summed E-state index contributed by atoms with van der Waals surface area (Å²) in [6, 6.07) is 18.1. The molecule has 1 aliphatic carbocycles. The molecule has 3 aromatic rings. The van der Waals surface area contributed by atoms with Gasteiger partial charge in [-0.1, -0.05) is 42.5 Å². The fraction of sp³-hybridized carbons (Fsp3) is 0.296. The van der Waals surface area contributed by atoms with Gasteiger partial charge in [-0.05, 0) is 23.3 Å². The van der Waals surface area contributed by atoms with Crippen molar-refractivity contribution in [2.24, 2.45) is 5.92 Å². The Balaban J connectivity index is 1.85. The van der Waals surface area contributed by atoms with E-state index in [1.54, 1.807) is 54.6 Å². The number of aliphatic hydroxyl groups excluding tert-OH is 1. The molecule has 1 amide bonds. The molecule has 0 bridgehead atoms. The SMILES string of the molecule is CONC(=O)[C@H]1[C@@H](O)[C@@]2(O)c3c(F)cc(OC)cc3O[C@@]2(c2ccc(OC)cc2)[C@@H]1c1ccccc1. The quantitative estimate of drug-likeness (QED) is 0.452. The largest absolute Gasteiger partial charge is 0.497 e. The Labute approximate surface area is 207 Å². The average Bonchev–Trinajstić information content (AvgIpc) is 3.27. The van der Waals surface area contributed by atoms with Gasteiger partial charge in [0.25, 0.3) is 0 Å². The maximum Gasteiger partial charge on any atom is 0.250 e. The summed E-state index contributed by atoms with van der Waals surface area (Å²) >= 11 is 0. The van der Waals surface area contributed by atoms with Crippen LogP contribution >= 0.6 is 0 Å². The summed E-state index contributed by atoms with van der Waals surface area (Å²) in [4.78, 5) is 18.1. The van der Waals surface area contributed by atoms with Crippen molar-refractivity contribution in [3.05, 3.63) is 89.2 Å². The van der Waals surface area contributed by atoms with E-state index in [9.17, 15) is 15.0 Å². The maximum absolute atomic E-state index is 15.6. The number of carbonyl (C=O) groups is 1. The summed E-state index contributed by atoms with van der Waals surface area (Å²) < 4.78 is 32.6. The van der Waals surface area contributed by atoms with E-state index in [2.05, 4.69) is 5.48 Å². The predicted molar refractivity (Wildman–Crippen MR) is 126 cm³/mol. The lowest BCUT2D eigenvalue weighted by Crippen LogP contribution is -2.52. The van der Waals surface area contributed by atoms with E-state index in [0.29, 0.717) is 16.9 Å². The van der Waals surface area contributed by atoms with Crippen LogP contribution in [0.1, 0.15) is 22.6 Å². The third kappa shape index (κ3) is 3.13. The molecule has 1 saturated carbocycles. The maximum atomic E-state index is 15.6. The van der Waals surface area contributed by atoms with Gasteiger partial charge in [0.05, 0.1) is 32.8 Å². The lowest BCUT2D eigenvalue weighted by molar-refractivity contribution is -0.157. The van der Waals surface area contributed by atoms with E-state index in [-0.39, 0.29) is 17.1 Å². The second-order valence-electron chi connectivity index (χ2n) is 8.84. The van der Waals surface area contributed by atoms with E-state index < -0.39 is 40.9 Å². The Hall–Kier alpha value is -3.66. The smallest absolute Gasteiger partial charge is 0.250 e. The van der Waals surface area contributed by atoms with Gasteiger partial charge in [-0.3, -0.25) is 9.63 Å². The monoisotopic (exact) mass is 495 g/mol. The third-order valence-corrected chi connectivity index (χ3v) is 7.23. The molecule has 2 aliphatic rings. The summed E-state index contributed by atoms with van der Waals surface area (Å²) in [7, 11) is 4.17. The first-order chi connectivity index (χ1) is 17.3. The number of methoxy groups -OCH3 is 2. The van der Waals surface area contributed by atoms with Crippen LogP contribution in [0.4, 0.5) is 4.39 Å².